The Kier molecular flexibility index (Phi) is 3.85. The van der Waals surface area contributed by atoms with Gasteiger partial charge < -0.3 is 0 Å². The van der Waals surface area contributed by atoms with Crippen molar-refractivity contribution in [2.45, 2.75) is 6.92 Å². The third-order valence-electron chi connectivity index (χ3n) is 2.98. The highest BCUT2D eigenvalue weighted by atomic mass is 35.5. The summed E-state index contributed by atoms with van der Waals surface area (Å²) in [5, 5.41) is 4.61. The minimum absolute atomic E-state index is 0.213. The summed E-state index contributed by atoms with van der Waals surface area (Å²) in [6.45, 7) is 1.94. The van der Waals surface area contributed by atoms with Crippen LogP contribution >= 0.6 is 34.5 Å². The highest BCUT2D eigenvalue weighted by Crippen LogP contribution is 2.31. The normalized spacial score (nSPS) is 10.8. The van der Waals surface area contributed by atoms with Gasteiger partial charge in [-0.1, -0.05) is 34.5 Å². The van der Waals surface area contributed by atoms with Crippen LogP contribution in [0.3, 0.4) is 0 Å². The summed E-state index contributed by atoms with van der Waals surface area (Å²) in [7, 11) is 0. The van der Waals surface area contributed by atoms with Crippen molar-refractivity contribution < 1.29 is 4.79 Å². The molecule has 0 atom stereocenters. The van der Waals surface area contributed by atoms with E-state index >= 15 is 0 Å². The van der Waals surface area contributed by atoms with Crippen LogP contribution in [0.2, 0.25) is 10.0 Å². The Morgan fingerprint density at radius 3 is 2.57 bits per heavy atom. The molecular formula is C15H10Cl2N2OS. The van der Waals surface area contributed by atoms with Crippen molar-refractivity contribution in [3.8, 4) is 0 Å². The molecule has 3 rings (SSSR count). The van der Waals surface area contributed by atoms with E-state index in [9.17, 15) is 4.79 Å². The molecule has 0 aliphatic rings. The number of fused-ring (bicyclic) bond motifs is 1. The lowest BCUT2D eigenvalue weighted by molar-refractivity contribution is 0.102. The zero-order valence-electron chi connectivity index (χ0n) is 11.0. The number of aryl methyl sites for hydroxylation is 1. The number of anilines is 1. The number of benzene rings is 2. The number of carbonyl (C=O) groups is 1. The Labute approximate surface area is 135 Å². The summed E-state index contributed by atoms with van der Waals surface area (Å²) in [6.07, 6.45) is 0. The second-order valence-corrected chi connectivity index (χ2v) is 6.45. The number of thiazole rings is 1. The van der Waals surface area contributed by atoms with E-state index in [2.05, 4.69) is 10.3 Å². The van der Waals surface area contributed by atoms with Crippen molar-refractivity contribution in [2.75, 3.05) is 5.32 Å². The Balaban J connectivity index is 1.89. The molecule has 0 bridgehead atoms. The Bertz CT molecular complexity index is 828. The van der Waals surface area contributed by atoms with Gasteiger partial charge in [-0.2, -0.15) is 0 Å². The quantitative estimate of drug-likeness (QED) is 0.701. The average molecular weight is 337 g/mol. The van der Waals surface area contributed by atoms with E-state index < -0.39 is 0 Å². The predicted molar refractivity (Wildman–Crippen MR) is 88.8 cm³/mol. The molecular weight excluding hydrogens is 327 g/mol. The maximum Gasteiger partial charge on any atom is 0.257 e. The van der Waals surface area contributed by atoms with Gasteiger partial charge >= 0.3 is 0 Å². The molecule has 2 aromatic carbocycles. The van der Waals surface area contributed by atoms with Gasteiger partial charge in [0.2, 0.25) is 0 Å². The minimum Gasteiger partial charge on any atom is -0.298 e. The summed E-state index contributed by atoms with van der Waals surface area (Å²) in [4.78, 5) is 16.6. The fraction of sp³-hybridized carbons (Fsp3) is 0.0667. The maximum absolute atomic E-state index is 12.1. The average Bonchev–Trinajstić information content (AvgIpc) is 2.82. The lowest BCUT2D eigenvalue weighted by Crippen LogP contribution is -2.11. The van der Waals surface area contributed by atoms with E-state index in [-0.39, 0.29) is 5.91 Å². The van der Waals surface area contributed by atoms with Gasteiger partial charge in [0, 0.05) is 15.6 Å². The van der Waals surface area contributed by atoms with E-state index in [4.69, 9.17) is 23.2 Å². The van der Waals surface area contributed by atoms with Crippen LogP contribution in [0, 0.1) is 6.92 Å². The highest BCUT2D eigenvalue weighted by Gasteiger charge is 2.11. The highest BCUT2D eigenvalue weighted by molar-refractivity contribution is 7.22. The van der Waals surface area contributed by atoms with Crippen LogP contribution in [0.1, 0.15) is 15.9 Å². The van der Waals surface area contributed by atoms with Crippen LogP contribution in [-0.2, 0) is 0 Å². The third kappa shape index (κ3) is 3.02. The van der Waals surface area contributed by atoms with Crippen LogP contribution in [0.5, 0.6) is 0 Å². The van der Waals surface area contributed by atoms with Gasteiger partial charge in [-0.25, -0.2) is 4.98 Å². The first-order chi connectivity index (χ1) is 10.0. The van der Waals surface area contributed by atoms with E-state index in [0.717, 1.165) is 15.8 Å². The fourth-order valence-corrected chi connectivity index (χ4v) is 3.42. The molecule has 3 aromatic rings. The second kappa shape index (κ2) is 5.64. The summed E-state index contributed by atoms with van der Waals surface area (Å²) in [5.74, 6) is -0.213. The largest absolute Gasteiger partial charge is 0.298 e. The number of amides is 1. The Morgan fingerprint density at radius 2 is 1.86 bits per heavy atom. The predicted octanol–water partition coefficient (Wildman–Crippen LogP) is 5.16. The number of carbonyl (C=O) groups excluding carboxylic acids is 1. The summed E-state index contributed by atoms with van der Waals surface area (Å²) in [6, 6.07) is 10.4. The topological polar surface area (TPSA) is 42.0 Å². The van der Waals surface area contributed by atoms with E-state index in [1.165, 1.54) is 11.3 Å². The molecule has 0 aliphatic carbocycles. The van der Waals surface area contributed by atoms with Crippen LogP contribution in [0.25, 0.3) is 10.2 Å². The van der Waals surface area contributed by atoms with Crippen LogP contribution in [-0.4, -0.2) is 10.9 Å². The second-order valence-electron chi connectivity index (χ2n) is 4.55. The van der Waals surface area contributed by atoms with Gasteiger partial charge in [0.25, 0.3) is 5.91 Å². The standard InChI is InChI=1S/C15H10Cl2N2OS/c1-8-6-11(17)7-12-13(8)18-15(21-12)19-14(20)9-2-4-10(16)5-3-9/h2-7H,1H3,(H,18,19,20). The monoisotopic (exact) mass is 336 g/mol. The van der Waals surface area contributed by atoms with Gasteiger partial charge in [-0.3, -0.25) is 10.1 Å². The number of hydrogen-bond acceptors (Lipinski definition) is 3. The first-order valence-electron chi connectivity index (χ1n) is 6.16. The molecule has 0 fully saturated rings. The van der Waals surface area contributed by atoms with Gasteiger partial charge in [0.15, 0.2) is 5.13 Å². The maximum atomic E-state index is 12.1. The zero-order chi connectivity index (χ0) is 15.0. The molecule has 106 valence electrons. The van der Waals surface area contributed by atoms with Gasteiger partial charge in [-0.05, 0) is 48.9 Å². The number of nitrogens with zero attached hydrogens (tertiary/aromatic N) is 1. The van der Waals surface area contributed by atoms with Gasteiger partial charge in [0.1, 0.15) is 0 Å². The van der Waals surface area contributed by atoms with Crippen molar-refractivity contribution in [3.63, 3.8) is 0 Å². The van der Waals surface area contributed by atoms with E-state index in [1.807, 2.05) is 19.1 Å². The van der Waals surface area contributed by atoms with Crippen LogP contribution in [0.4, 0.5) is 5.13 Å². The summed E-state index contributed by atoms with van der Waals surface area (Å²) >= 11 is 13.2. The first-order valence-corrected chi connectivity index (χ1v) is 7.74. The van der Waals surface area contributed by atoms with Crippen molar-refractivity contribution >= 4 is 55.8 Å². The number of halogens is 2. The summed E-state index contributed by atoms with van der Waals surface area (Å²) in [5.41, 5.74) is 2.38. The van der Waals surface area contributed by atoms with E-state index in [0.29, 0.717) is 20.7 Å². The number of aromatic nitrogens is 1. The molecule has 0 unspecified atom stereocenters. The molecule has 0 aliphatic heterocycles. The van der Waals surface area contributed by atoms with Crippen molar-refractivity contribution in [2.24, 2.45) is 0 Å². The lowest BCUT2D eigenvalue weighted by atomic mass is 10.2. The molecule has 1 amide bonds. The summed E-state index contributed by atoms with van der Waals surface area (Å²) < 4.78 is 0.950. The smallest absolute Gasteiger partial charge is 0.257 e. The molecule has 6 heteroatoms. The first kappa shape index (κ1) is 14.3. The molecule has 1 N–H and O–H groups in total. The van der Waals surface area contributed by atoms with Gasteiger partial charge in [-0.15, -0.1) is 0 Å². The number of hydrogen-bond donors (Lipinski definition) is 1. The fourth-order valence-electron chi connectivity index (χ4n) is 1.98. The molecule has 0 radical (unpaired) electrons. The van der Waals surface area contributed by atoms with E-state index in [1.54, 1.807) is 24.3 Å². The van der Waals surface area contributed by atoms with Crippen LogP contribution < -0.4 is 5.32 Å². The molecule has 0 saturated heterocycles. The SMILES string of the molecule is Cc1cc(Cl)cc2sc(NC(=O)c3ccc(Cl)cc3)nc12. The number of rotatable bonds is 2. The van der Waals surface area contributed by atoms with Crippen molar-refractivity contribution in [1.82, 2.24) is 4.98 Å². The van der Waals surface area contributed by atoms with Gasteiger partial charge in [0.05, 0.1) is 10.2 Å². The molecule has 0 saturated carbocycles. The Morgan fingerprint density at radius 1 is 1.14 bits per heavy atom. The molecule has 0 spiro atoms. The lowest BCUT2D eigenvalue weighted by Gasteiger charge is -2.01. The molecule has 3 nitrogen and oxygen atoms in total. The van der Waals surface area contributed by atoms with Crippen LogP contribution in [0.15, 0.2) is 36.4 Å². The minimum atomic E-state index is -0.213. The number of nitrogens with one attached hydrogen (secondary N) is 1. The Hall–Kier alpha value is -1.62. The zero-order valence-corrected chi connectivity index (χ0v) is 13.3. The molecule has 21 heavy (non-hydrogen) atoms. The van der Waals surface area contributed by atoms with Crippen molar-refractivity contribution in [3.05, 3.63) is 57.6 Å². The van der Waals surface area contributed by atoms with Crippen molar-refractivity contribution in [1.29, 1.82) is 0 Å². The molecule has 1 heterocycles. The third-order valence-corrected chi connectivity index (χ3v) is 4.37. The molecule has 1 aromatic heterocycles.